The van der Waals surface area contributed by atoms with Crippen LogP contribution in [-0.2, 0) is 19.1 Å². The van der Waals surface area contributed by atoms with Crippen LogP contribution in [-0.4, -0.2) is 19.6 Å². The van der Waals surface area contributed by atoms with E-state index in [4.69, 9.17) is 0 Å². The van der Waals surface area contributed by atoms with Crippen LogP contribution in [0.15, 0.2) is 46.8 Å². The molecule has 2 rings (SSSR count). The first kappa shape index (κ1) is 20.8. The topological polar surface area (TPSA) is 36.4 Å². The Hall–Kier alpha value is -1.29. The van der Waals surface area contributed by atoms with Crippen LogP contribution in [0, 0.1) is 0 Å². The second-order valence-corrected chi connectivity index (χ2v) is 5.91. The lowest BCUT2D eigenvalue weighted by Gasteiger charge is -2.13. The normalized spacial score (nSPS) is 11.8. The Balaban J connectivity index is 0.00000288. The number of benzene rings is 1. The van der Waals surface area contributed by atoms with Crippen LogP contribution >= 0.6 is 35.3 Å². The van der Waals surface area contributed by atoms with Crippen LogP contribution in [0.3, 0.4) is 0 Å². The van der Waals surface area contributed by atoms with Gasteiger partial charge in [-0.2, -0.15) is 13.2 Å². The van der Waals surface area contributed by atoms with Gasteiger partial charge in [0.15, 0.2) is 5.96 Å². The molecule has 1 aromatic heterocycles. The molecule has 1 heterocycles. The van der Waals surface area contributed by atoms with Crippen LogP contribution in [0.25, 0.3) is 0 Å². The summed E-state index contributed by atoms with van der Waals surface area (Å²) in [5, 5.41) is 8.19. The molecule has 0 aliphatic rings. The molecule has 2 aromatic rings. The SMILES string of the molecule is CN=C(NCCc1cccs1)NCc1cccc(C(F)(F)F)c1.I. The van der Waals surface area contributed by atoms with Crippen molar-refractivity contribution in [3.63, 3.8) is 0 Å². The van der Waals surface area contributed by atoms with Crippen molar-refractivity contribution < 1.29 is 13.2 Å². The molecule has 0 unspecified atom stereocenters. The molecule has 0 aliphatic heterocycles. The van der Waals surface area contributed by atoms with Crippen molar-refractivity contribution in [2.24, 2.45) is 4.99 Å². The molecular weight excluding hydrogens is 450 g/mol. The molecule has 132 valence electrons. The first-order valence-corrected chi connectivity index (χ1v) is 8.00. The van der Waals surface area contributed by atoms with Gasteiger partial charge in [-0.3, -0.25) is 4.99 Å². The molecule has 0 saturated heterocycles. The highest BCUT2D eigenvalue weighted by Gasteiger charge is 2.30. The first-order chi connectivity index (χ1) is 11.0. The molecule has 0 spiro atoms. The molecule has 0 bridgehead atoms. The Morgan fingerprint density at radius 3 is 2.58 bits per heavy atom. The van der Waals surface area contributed by atoms with Gasteiger partial charge in [0.05, 0.1) is 5.56 Å². The van der Waals surface area contributed by atoms with E-state index >= 15 is 0 Å². The molecular formula is C16H19F3IN3S. The third-order valence-corrected chi connectivity index (χ3v) is 4.12. The van der Waals surface area contributed by atoms with Crippen molar-refractivity contribution in [1.29, 1.82) is 0 Å². The molecule has 0 saturated carbocycles. The maximum Gasteiger partial charge on any atom is 0.416 e. The van der Waals surface area contributed by atoms with E-state index in [2.05, 4.69) is 21.7 Å². The third-order valence-electron chi connectivity index (χ3n) is 3.18. The summed E-state index contributed by atoms with van der Waals surface area (Å²) in [4.78, 5) is 5.34. The number of hydrogen-bond acceptors (Lipinski definition) is 2. The second kappa shape index (κ2) is 9.87. The van der Waals surface area contributed by atoms with E-state index in [1.807, 2.05) is 11.4 Å². The lowest BCUT2D eigenvalue weighted by atomic mass is 10.1. The molecule has 0 atom stereocenters. The Labute approximate surface area is 160 Å². The standard InChI is InChI=1S/C16H18F3N3S.HI/c1-20-15(21-8-7-14-6-3-9-23-14)22-11-12-4-2-5-13(10-12)16(17,18)19;/h2-6,9-10H,7-8,11H2,1H3,(H2,20,21,22);1H. The number of hydrogen-bond donors (Lipinski definition) is 2. The highest BCUT2D eigenvalue weighted by molar-refractivity contribution is 14.0. The summed E-state index contributed by atoms with van der Waals surface area (Å²) in [7, 11) is 1.63. The average Bonchev–Trinajstić information content (AvgIpc) is 3.03. The van der Waals surface area contributed by atoms with Crippen molar-refractivity contribution in [3.05, 3.63) is 57.8 Å². The summed E-state index contributed by atoms with van der Waals surface area (Å²) in [6, 6.07) is 9.34. The number of thiophene rings is 1. The zero-order valence-electron chi connectivity index (χ0n) is 13.1. The van der Waals surface area contributed by atoms with E-state index in [-0.39, 0.29) is 30.5 Å². The largest absolute Gasteiger partial charge is 0.416 e. The highest BCUT2D eigenvalue weighted by Crippen LogP contribution is 2.29. The van der Waals surface area contributed by atoms with E-state index in [0.717, 1.165) is 18.6 Å². The van der Waals surface area contributed by atoms with Crippen molar-refractivity contribution in [2.45, 2.75) is 19.1 Å². The first-order valence-electron chi connectivity index (χ1n) is 7.12. The quantitative estimate of drug-likeness (QED) is 0.390. The van der Waals surface area contributed by atoms with Gasteiger partial charge in [-0.1, -0.05) is 18.2 Å². The second-order valence-electron chi connectivity index (χ2n) is 4.88. The van der Waals surface area contributed by atoms with Crippen molar-refractivity contribution in [2.75, 3.05) is 13.6 Å². The molecule has 3 nitrogen and oxygen atoms in total. The minimum atomic E-state index is -4.32. The zero-order valence-corrected chi connectivity index (χ0v) is 16.2. The van der Waals surface area contributed by atoms with Gasteiger partial charge in [0.1, 0.15) is 0 Å². The lowest BCUT2D eigenvalue weighted by molar-refractivity contribution is -0.137. The maximum atomic E-state index is 12.7. The minimum absolute atomic E-state index is 0. The molecule has 0 amide bonds. The van der Waals surface area contributed by atoms with E-state index in [0.29, 0.717) is 18.1 Å². The number of rotatable bonds is 5. The average molecular weight is 469 g/mol. The van der Waals surface area contributed by atoms with Crippen LogP contribution < -0.4 is 10.6 Å². The smallest absolute Gasteiger partial charge is 0.356 e. The number of aliphatic imine (C=N–C) groups is 1. The van der Waals surface area contributed by atoms with Gasteiger partial charge in [-0.15, -0.1) is 35.3 Å². The van der Waals surface area contributed by atoms with Gasteiger partial charge < -0.3 is 10.6 Å². The van der Waals surface area contributed by atoms with E-state index in [1.54, 1.807) is 24.5 Å². The van der Waals surface area contributed by atoms with Gasteiger partial charge in [0, 0.05) is 25.0 Å². The molecule has 0 fully saturated rings. The summed E-state index contributed by atoms with van der Waals surface area (Å²) in [5.41, 5.74) is -0.0847. The number of guanidine groups is 1. The summed E-state index contributed by atoms with van der Waals surface area (Å²) in [6.45, 7) is 0.991. The third kappa shape index (κ3) is 6.68. The fourth-order valence-electron chi connectivity index (χ4n) is 2.02. The molecule has 0 aliphatic carbocycles. The Kier molecular flexibility index (Phi) is 8.54. The van der Waals surface area contributed by atoms with Crippen LogP contribution in [0.2, 0.25) is 0 Å². The lowest BCUT2D eigenvalue weighted by Crippen LogP contribution is -2.37. The molecule has 0 radical (unpaired) electrons. The van der Waals surface area contributed by atoms with Crippen LogP contribution in [0.1, 0.15) is 16.0 Å². The van der Waals surface area contributed by atoms with Gasteiger partial charge in [0.2, 0.25) is 0 Å². The number of nitrogens with one attached hydrogen (secondary N) is 2. The van der Waals surface area contributed by atoms with Gasteiger partial charge in [0.25, 0.3) is 0 Å². The molecule has 1 aromatic carbocycles. The van der Waals surface area contributed by atoms with Crippen LogP contribution in [0.4, 0.5) is 13.2 Å². The van der Waals surface area contributed by atoms with Crippen molar-refractivity contribution >= 4 is 41.3 Å². The number of alkyl halides is 3. The van der Waals surface area contributed by atoms with E-state index in [1.165, 1.54) is 10.9 Å². The van der Waals surface area contributed by atoms with Gasteiger partial charge >= 0.3 is 6.18 Å². The minimum Gasteiger partial charge on any atom is -0.356 e. The van der Waals surface area contributed by atoms with E-state index < -0.39 is 11.7 Å². The predicted octanol–water partition coefficient (Wildman–Crippen LogP) is 4.29. The Morgan fingerprint density at radius 2 is 1.96 bits per heavy atom. The predicted molar refractivity (Wildman–Crippen MR) is 103 cm³/mol. The van der Waals surface area contributed by atoms with Gasteiger partial charge in [-0.05, 0) is 35.6 Å². The summed E-state index contributed by atoms with van der Waals surface area (Å²) in [6.07, 6.45) is -3.45. The van der Waals surface area contributed by atoms with Crippen LogP contribution in [0.5, 0.6) is 0 Å². The summed E-state index contributed by atoms with van der Waals surface area (Å²) < 4.78 is 38.0. The van der Waals surface area contributed by atoms with E-state index in [9.17, 15) is 13.2 Å². The zero-order chi connectivity index (χ0) is 16.7. The summed E-state index contributed by atoms with van der Waals surface area (Å²) >= 11 is 1.69. The van der Waals surface area contributed by atoms with Crippen molar-refractivity contribution in [3.8, 4) is 0 Å². The molecule has 24 heavy (non-hydrogen) atoms. The fourth-order valence-corrected chi connectivity index (χ4v) is 2.73. The Bertz CT molecular complexity index is 642. The maximum absolute atomic E-state index is 12.7. The molecule has 2 N–H and O–H groups in total. The molecule has 8 heteroatoms. The monoisotopic (exact) mass is 469 g/mol. The Morgan fingerprint density at radius 1 is 1.17 bits per heavy atom. The fraction of sp³-hybridized carbons (Fsp3) is 0.312. The van der Waals surface area contributed by atoms with Gasteiger partial charge in [-0.25, -0.2) is 0 Å². The number of halogens is 4. The van der Waals surface area contributed by atoms with Crippen molar-refractivity contribution in [1.82, 2.24) is 10.6 Å². The highest BCUT2D eigenvalue weighted by atomic mass is 127. The number of nitrogens with zero attached hydrogens (tertiary/aromatic N) is 1. The summed E-state index contributed by atoms with van der Waals surface area (Å²) in [5.74, 6) is 0.568.